The van der Waals surface area contributed by atoms with Gasteiger partial charge in [0.05, 0.1) is 16.6 Å². The third-order valence-corrected chi connectivity index (χ3v) is 4.48. The highest BCUT2D eigenvalue weighted by atomic mass is 79.9. The number of nitrogens with two attached hydrogens (primary N) is 1. The van der Waals surface area contributed by atoms with Crippen LogP contribution in [0.2, 0.25) is 0 Å². The number of halogens is 1. The monoisotopic (exact) mass is 309 g/mol. The Morgan fingerprint density at radius 2 is 1.82 bits per heavy atom. The topological polar surface area (TPSA) is 43.1 Å². The molecule has 1 unspecified atom stereocenters. The van der Waals surface area contributed by atoms with Crippen LogP contribution in [0.15, 0.2) is 57.9 Å². The largest absolute Gasteiger partial charge is 0.398 e. The first-order valence-corrected chi connectivity index (χ1v) is 7.25. The first-order chi connectivity index (χ1) is 8.16. The van der Waals surface area contributed by atoms with Crippen molar-refractivity contribution in [1.82, 2.24) is 0 Å². The highest BCUT2D eigenvalue weighted by molar-refractivity contribution is 9.10. The molecule has 0 heterocycles. The van der Waals surface area contributed by atoms with E-state index in [-0.39, 0.29) is 0 Å². The molecule has 0 fully saturated rings. The van der Waals surface area contributed by atoms with Gasteiger partial charge in [-0.3, -0.25) is 4.21 Å². The molecule has 0 aromatic heterocycles. The van der Waals surface area contributed by atoms with Crippen LogP contribution < -0.4 is 5.73 Å². The molecule has 2 N–H and O–H groups in total. The van der Waals surface area contributed by atoms with Gasteiger partial charge >= 0.3 is 0 Å². The van der Waals surface area contributed by atoms with Crippen LogP contribution in [0.4, 0.5) is 5.69 Å². The van der Waals surface area contributed by atoms with Crippen LogP contribution in [-0.4, -0.2) is 4.21 Å². The summed E-state index contributed by atoms with van der Waals surface area (Å²) in [6, 6.07) is 15.1. The molecule has 2 nitrogen and oxygen atoms in total. The molecule has 0 aliphatic carbocycles. The minimum Gasteiger partial charge on any atom is -0.398 e. The molecule has 1 atom stereocenters. The maximum atomic E-state index is 12.1. The lowest BCUT2D eigenvalue weighted by Crippen LogP contribution is -1.97. The summed E-state index contributed by atoms with van der Waals surface area (Å²) in [7, 11) is -1.02. The number of rotatable bonds is 3. The fourth-order valence-electron chi connectivity index (χ4n) is 1.49. The summed E-state index contributed by atoms with van der Waals surface area (Å²) < 4.78 is 12.9. The SMILES string of the molecule is Nc1cc(CS(=O)c2ccccc2)ccc1Br. The fourth-order valence-corrected chi connectivity index (χ4v) is 2.85. The van der Waals surface area contributed by atoms with Crippen LogP contribution >= 0.6 is 15.9 Å². The second kappa shape index (κ2) is 5.47. The molecule has 2 rings (SSSR count). The maximum Gasteiger partial charge on any atom is 0.0574 e. The number of anilines is 1. The lowest BCUT2D eigenvalue weighted by atomic mass is 10.2. The van der Waals surface area contributed by atoms with Gasteiger partial charge in [0.2, 0.25) is 0 Å². The van der Waals surface area contributed by atoms with Crippen molar-refractivity contribution in [3.05, 3.63) is 58.6 Å². The first-order valence-electron chi connectivity index (χ1n) is 5.14. The minimum atomic E-state index is -1.02. The molecule has 0 spiro atoms. The lowest BCUT2D eigenvalue weighted by Gasteiger charge is -2.04. The highest BCUT2D eigenvalue weighted by Crippen LogP contribution is 2.22. The molecule has 88 valence electrons. The average Bonchev–Trinajstić information content (AvgIpc) is 2.35. The molecule has 4 heteroatoms. The van der Waals surface area contributed by atoms with Crippen molar-refractivity contribution in [3.63, 3.8) is 0 Å². The zero-order valence-corrected chi connectivity index (χ0v) is 11.5. The zero-order valence-electron chi connectivity index (χ0n) is 9.10. The van der Waals surface area contributed by atoms with Crippen LogP contribution in [-0.2, 0) is 16.6 Å². The Balaban J connectivity index is 2.16. The molecule has 0 aliphatic rings. The number of nitrogen functional groups attached to an aromatic ring is 1. The fraction of sp³-hybridized carbons (Fsp3) is 0.0769. The molecule has 0 amide bonds. The summed E-state index contributed by atoms with van der Waals surface area (Å²) >= 11 is 3.34. The van der Waals surface area contributed by atoms with Gasteiger partial charge in [0.25, 0.3) is 0 Å². The molecule has 17 heavy (non-hydrogen) atoms. The smallest absolute Gasteiger partial charge is 0.0574 e. The van der Waals surface area contributed by atoms with E-state index in [1.165, 1.54) is 0 Å². The Morgan fingerprint density at radius 1 is 1.12 bits per heavy atom. The van der Waals surface area contributed by atoms with Gasteiger partial charge in [-0.1, -0.05) is 24.3 Å². The number of benzene rings is 2. The Bertz CT molecular complexity index is 542. The summed E-state index contributed by atoms with van der Waals surface area (Å²) in [5.41, 5.74) is 7.44. The van der Waals surface area contributed by atoms with Gasteiger partial charge in [0.15, 0.2) is 0 Å². The Kier molecular flexibility index (Phi) is 3.97. The second-order valence-corrected chi connectivity index (χ2v) is 5.96. The van der Waals surface area contributed by atoms with Gasteiger partial charge < -0.3 is 5.73 Å². The van der Waals surface area contributed by atoms with Gasteiger partial charge in [-0.2, -0.15) is 0 Å². The molecule has 2 aromatic rings. The van der Waals surface area contributed by atoms with Gasteiger partial charge in [0.1, 0.15) is 0 Å². The summed E-state index contributed by atoms with van der Waals surface area (Å²) in [5, 5.41) is 0. The molecule has 2 aromatic carbocycles. The van der Waals surface area contributed by atoms with E-state index in [4.69, 9.17) is 5.73 Å². The standard InChI is InChI=1S/C13H12BrNOS/c14-12-7-6-10(8-13(12)15)9-17(16)11-4-2-1-3-5-11/h1-8H,9,15H2. The zero-order chi connectivity index (χ0) is 12.3. The lowest BCUT2D eigenvalue weighted by molar-refractivity contribution is 0.682. The van der Waals surface area contributed by atoms with Crippen LogP contribution in [0.5, 0.6) is 0 Å². The van der Waals surface area contributed by atoms with Gasteiger partial charge in [-0.15, -0.1) is 0 Å². The van der Waals surface area contributed by atoms with Crippen molar-refractivity contribution >= 4 is 32.4 Å². The second-order valence-electron chi connectivity index (χ2n) is 3.66. The third kappa shape index (κ3) is 3.17. The summed E-state index contributed by atoms with van der Waals surface area (Å²) in [5.74, 6) is 0.488. The van der Waals surface area contributed by atoms with Gasteiger partial charge in [0, 0.05) is 15.1 Å². The van der Waals surface area contributed by atoms with E-state index in [9.17, 15) is 4.21 Å². The summed E-state index contributed by atoms with van der Waals surface area (Å²) in [4.78, 5) is 0.842. The third-order valence-electron chi connectivity index (χ3n) is 2.36. The molecular formula is C13H12BrNOS. The van der Waals surface area contributed by atoms with Crippen molar-refractivity contribution in [2.75, 3.05) is 5.73 Å². The number of hydrogen-bond donors (Lipinski definition) is 1. The van der Waals surface area contributed by atoms with E-state index in [1.54, 1.807) is 0 Å². The van der Waals surface area contributed by atoms with Crippen molar-refractivity contribution < 1.29 is 4.21 Å². The molecule has 0 bridgehead atoms. The minimum absolute atomic E-state index is 0.488. The van der Waals surface area contributed by atoms with Crippen molar-refractivity contribution in [2.24, 2.45) is 0 Å². The molecule has 0 saturated heterocycles. The molecule has 0 radical (unpaired) electrons. The van der Waals surface area contributed by atoms with E-state index in [0.717, 1.165) is 14.9 Å². The van der Waals surface area contributed by atoms with E-state index in [2.05, 4.69) is 15.9 Å². The van der Waals surface area contributed by atoms with E-state index in [0.29, 0.717) is 11.4 Å². The molecule has 0 aliphatic heterocycles. The van der Waals surface area contributed by atoms with Crippen molar-refractivity contribution in [1.29, 1.82) is 0 Å². The highest BCUT2D eigenvalue weighted by Gasteiger charge is 2.05. The van der Waals surface area contributed by atoms with E-state index >= 15 is 0 Å². The quantitative estimate of drug-likeness (QED) is 0.884. The molecule has 0 saturated carbocycles. The predicted molar refractivity (Wildman–Crippen MR) is 75.1 cm³/mol. The van der Waals surface area contributed by atoms with Crippen LogP contribution in [0, 0.1) is 0 Å². The van der Waals surface area contributed by atoms with E-state index in [1.807, 2.05) is 48.5 Å². The van der Waals surface area contributed by atoms with E-state index < -0.39 is 10.8 Å². The average molecular weight is 310 g/mol. The van der Waals surface area contributed by atoms with Crippen molar-refractivity contribution in [2.45, 2.75) is 10.6 Å². The first kappa shape index (κ1) is 12.3. The van der Waals surface area contributed by atoms with Gasteiger partial charge in [-0.05, 0) is 45.8 Å². The Hall–Kier alpha value is -1.13. The number of hydrogen-bond acceptors (Lipinski definition) is 2. The predicted octanol–water partition coefficient (Wildman–Crippen LogP) is 3.34. The Morgan fingerprint density at radius 3 is 2.47 bits per heavy atom. The van der Waals surface area contributed by atoms with Crippen molar-refractivity contribution in [3.8, 4) is 0 Å². The maximum absolute atomic E-state index is 12.1. The van der Waals surface area contributed by atoms with Crippen LogP contribution in [0.3, 0.4) is 0 Å². The Labute approximate surface area is 111 Å². The van der Waals surface area contributed by atoms with Crippen LogP contribution in [0.1, 0.15) is 5.56 Å². The summed E-state index contributed by atoms with van der Waals surface area (Å²) in [6.45, 7) is 0. The van der Waals surface area contributed by atoms with Crippen LogP contribution in [0.25, 0.3) is 0 Å². The normalized spacial score (nSPS) is 12.3. The van der Waals surface area contributed by atoms with Gasteiger partial charge in [-0.25, -0.2) is 0 Å². The molecular weight excluding hydrogens is 298 g/mol. The summed E-state index contributed by atoms with van der Waals surface area (Å²) in [6.07, 6.45) is 0.